The molecule has 0 saturated carbocycles. The van der Waals surface area contributed by atoms with Crippen molar-refractivity contribution in [3.63, 3.8) is 0 Å². The summed E-state index contributed by atoms with van der Waals surface area (Å²) < 4.78 is 13.8. The van der Waals surface area contributed by atoms with E-state index in [4.69, 9.17) is 5.11 Å². The Balaban J connectivity index is 1.31. The number of rotatable bonds is 5. The van der Waals surface area contributed by atoms with Gasteiger partial charge in [-0.1, -0.05) is 6.07 Å². The van der Waals surface area contributed by atoms with Crippen molar-refractivity contribution in [3.8, 4) is 0 Å². The molecule has 4 rings (SSSR count). The Hall–Kier alpha value is -2.78. The molecule has 166 valence electrons. The molecule has 8 nitrogen and oxygen atoms in total. The van der Waals surface area contributed by atoms with Gasteiger partial charge < -0.3 is 19.8 Å². The van der Waals surface area contributed by atoms with Crippen LogP contribution in [-0.2, 0) is 0 Å². The summed E-state index contributed by atoms with van der Waals surface area (Å²) in [4.78, 5) is 21.0. The second-order valence-electron chi connectivity index (χ2n) is 8.05. The lowest BCUT2D eigenvalue weighted by atomic mass is 10.1. The number of aliphatic hydroxyl groups is 1. The molecule has 1 aromatic carbocycles. The highest BCUT2D eigenvalue weighted by Crippen LogP contribution is 2.19. The number of benzene rings is 1. The molecule has 0 unspecified atom stereocenters. The maximum Gasteiger partial charge on any atom is 0.254 e. The average molecular weight is 429 g/mol. The van der Waals surface area contributed by atoms with Crippen molar-refractivity contribution in [2.75, 3.05) is 75.3 Å². The fourth-order valence-corrected chi connectivity index (χ4v) is 4.04. The van der Waals surface area contributed by atoms with Crippen LogP contribution in [0, 0.1) is 12.7 Å². The molecular formula is C22H29FN6O2. The predicted octanol–water partition coefficient (Wildman–Crippen LogP) is 1.00. The highest BCUT2D eigenvalue weighted by molar-refractivity contribution is 5.94. The third kappa shape index (κ3) is 4.94. The third-order valence-electron chi connectivity index (χ3n) is 6.06. The van der Waals surface area contributed by atoms with Gasteiger partial charge in [0.25, 0.3) is 5.91 Å². The minimum absolute atomic E-state index is 0.139. The lowest BCUT2D eigenvalue weighted by Gasteiger charge is -2.36. The molecule has 1 N–H and O–H groups in total. The van der Waals surface area contributed by atoms with Crippen LogP contribution in [0.2, 0.25) is 0 Å². The highest BCUT2D eigenvalue weighted by Gasteiger charge is 2.24. The molecular weight excluding hydrogens is 399 g/mol. The first-order valence-corrected chi connectivity index (χ1v) is 10.8. The van der Waals surface area contributed by atoms with Crippen LogP contribution >= 0.6 is 0 Å². The Kier molecular flexibility index (Phi) is 6.62. The second-order valence-corrected chi connectivity index (χ2v) is 8.05. The molecule has 2 aliphatic rings. The van der Waals surface area contributed by atoms with Gasteiger partial charge in [0, 0.05) is 64.5 Å². The number of carbonyl (C=O) groups is 1. The van der Waals surface area contributed by atoms with Crippen LogP contribution in [0.25, 0.3) is 0 Å². The molecule has 2 fully saturated rings. The number of nitrogens with zero attached hydrogens (tertiary/aromatic N) is 6. The number of hydrogen-bond acceptors (Lipinski definition) is 7. The summed E-state index contributed by atoms with van der Waals surface area (Å²) in [7, 11) is 0. The first kappa shape index (κ1) is 21.5. The van der Waals surface area contributed by atoms with Gasteiger partial charge in [0.2, 0.25) is 0 Å². The van der Waals surface area contributed by atoms with Crippen LogP contribution in [0.5, 0.6) is 0 Å². The summed E-state index contributed by atoms with van der Waals surface area (Å²) in [6.07, 6.45) is 0. The van der Waals surface area contributed by atoms with E-state index >= 15 is 0 Å². The number of aliphatic hydroxyl groups excluding tert-OH is 1. The summed E-state index contributed by atoms with van der Waals surface area (Å²) >= 11 is 0. The molecule has 0 bridgehead atoms. The number of aromatic nitrogens is 2. The number of amides is 1. The van der Waals surface area contributed by atoms with Crippen molar-refractivity contribution in [2.24, 2.45) is 0 Å². The quantitative estimate of drug-likeness (QED) is 0.762. The fourth-order valence-electron chi connectivity index (χ4n) is 4.04. The van der Waals surface area contributed by atoms with E-state index in [1.165, 1.54) is 6.07 Å². The van der Waals surface area contributed by atoms with Gasteiger partial charge in [-0.2, -0.15) is 0 Å². The fraction of sp³-hybridized carbons (Fsp3) is 0.500. The third-order valence-corrected chi connectivity index (χ3v) is 6.06. The number of β-amino-alcohol motifs (C(OH)–C–C–N with tert-alkyl or cyclic N) is 1. The molecule has 0 aliphatic carbocycles. The molecule has 2 saturated heterocycles. The van der Waals surface area contributed by atoms with Gasteiger partial charge >= 0.3 is 0 Å². The van der Waals surface area contributed by atoms with Gasteiger partial charge in [0.15, 0.2) is 11.6 Å². The highest BCUT2D eigenvalue weighted by atomic mass is 19.1. The van der Waals surface area contributed by atoms with Crippen molar-refractivity contribution >= 4 is 17.5 Å². The normalized spacial score (nSPS) is 17.8. The summed E-state index contributed by atoms with van der Waals surface area (Å²) in [5, 5.41) is 17.9. The summed E-state index contributed by atoms with van der Waals surface area (Å²) in [5.41, 5.74) is 0.926. The van der Waals surface area contributed by atoms with Gasteiger partial charge in [-0.25, -0.2) is 4.39 Å². The van der Waals surface area contributed by atoms with Crippen molar-refractivity contribution in [3.05, 3.63) is 47.3 Å². The number of piperazine rings is 2. The van der Waals surface area contributed by atoms with E-state index < -0.39 is 0 Å². The molecule has 31 heavy (non-hydrogen) atoms. The smallest absolute Gasteiger partial charge is 0.254 e. The Labute approximate surface area is 181 Å². The maximum atomic E-state index is 13.8. The second kappa shape index (κ2) is 9.57. The van der Waals surface area contributed by atoms with E-state index in [1.807, 2.05) is 12.1 Å². The molecule has 2 aromatic rings. The topological polar surface area (TPSA) is 76.0 Å². The summed E-state index contributed by atoms with van der Waals surface area (Å²) in [6, 6.07) is 8.62. The van der Waals surface area contributed by atoms with Crippen LogP contribution in [0.1, 0.15) is 15.9 Å². The van der Waals surface area contributed by atoms with E-state index in [1.54, 1.807) is 24.0 Å². The Morgan fingerprint density at radius 1 is 0.935 bits per heavy atom. The number of halogens is 1. The van der Waals surface area contributed by atoms with Crippen molar-refractivity contribution in [1.82, 2.24) is 20.0 Å². The lowest BCUT2D eigenvalue weighted by molar-refractivity contribution is 0.0746. The standard InChI is InChI=1S/C22H29FN6O2/c1-17-2-3-18(16-19(17)23)22(31)29-12-10-28(11-13-29)21-5-4-20(24-25-21)27-8-6-26(7-9-27)14-15-30/h2-5,16,30H,6-15H2,1H3. The van der Waals surface area contributed by atoms with Gasteiger partial charge in [-0.3, -0.25) is 9.69 Å². The van der Waals surface area contributed by atoms with Crippen molar-refractivity contribution in [2.45, 2.75) is 6.92 Å². The van der Waals surface area contributed by atoms with Crippen LogP contribution in [-0.4, -0.2) is 96.5 Å². The Morgan fingerprint density at radius 3 is 2.03 bits per heavy atom. The molecule has 0 spiro atoms. The first-order valence-electron chi connectivity index (χ1n) is 10.8. The van der Waals surface area contributed by atoms with Gasteiger partial charge in [-0.15, -0.1) is 10.2 Å². The molecule has 1 amide bonds. The van der Waals surface area contributed by atoms with E-state index in [9.17, 15) is 9.18 Å². The largest absolute Gasteiger partial charge is 0.395 e. The minimum atomic E-state index is -0.352. The Bertz CT molecular complexity index is 893. The molecule has 1 aromatic heterocycles. The zero-order chi connectivity index (χ0) is 21.8. The molecule has 9 heteroatoms. The van der Waals surface area contributed by atoms with Crippen LogP contribution in [0.15, 0.2) is 30.3 Å². The van der Waals surface area contributed by atoms with Crippen LogP contribution < -0.4 is 9.80 Å². The van der Waals surface area contributed by atoms with E-state index in [0.717, 1.165) is 37.8 Å². The summed E-state index contributed by atoms with van der Waals surface area (Å²) in [6.45, 7) is 8.59. The lowest BCUT2D eigenvalue weighted by Crippen LogP contribution is -2.49. The number of carbonyl (C=O) groups excluding carboxylic acids is 1. The number of aryl methyl sites for hydroxylation is 1. The van der Waals surface area contributed by atoms with E-state index in [-0.39, 0.29) is 18.3 Å². The monoisotopic (exact) mass is 428 g/mol. The predicted molar refractivity (Wildman–Crippen MR) is 117 cm³/mol. The van der Waals surface area contributed by atoms with Gasteiger partial charge in [0.05, 0.1) is 6.61 Å². The molecule has 0 atom stereocenters. The summed E-state index contributed by atoms with van der Waals surface area (Å²) in [5.74, 6) is 1.17. The zero-order valence-corrected chi connectivity index (χ0v) is 17.9. The molecule has 0 radical (unpaired) electrons. The minimum Gasteiger partial charge on any atom is -0.395 e. The Morgan fingerprint density at radius 2 is 1.52 bits per heavy atom. The van der Waals surface area contributed by atoms with Crippen molar-refractivity contribution in [1.29, 1.82) is 0 Å². The van der Waals surface area contributed by atoms with Crippen molar-refractivity contribution < 1.29 is 14.3 Å². The average Bonchev–Trinajstić information content (AvgIpc) is 2.81. The number of hydrogen-bond donors (Lipinski definition) is 1. The van der Waals surface area contributed by atoms with Gasteiger partial charge in [0.1, 0.15) is 5.82 Å². The molecule has 2 aliphatic heterocycles. The molecule has 3 heterocycles. The van der Waals surface area contributed by atoms with E-state index in [2.05, 4.69) is 24.9 Å². The maximum absolute atomic E-state index is 13.8. The first-order chi connectivity index (χ1) is 15.0. The van der Waals surface area contributed by atoms with Crippen LogP contribution in [0.3, 0.4) is 0 Å². The van der Waals surface area contributed by atoms with E-state index in [0.29, 0.717) is 43.9 Å². The zero-order valence-electron chi connectivity index (χ0n) is 17.9. The number of anilines is 2. The van der Waals surface area contributed by atoms with Crippen LogP contribution in [0.4, 0.5) is 16.0 Å². The SMILES string of the molecule is Cc1ccc(C(=O)N2CCN(c3ccc(N4CCN(CCO)CC4)nn3)CC2)cc1F. The van der Waals surface area contributed by atoms with Gasteiger partial charge in [-0.05, 0) is 36.8 Å².